The maximum Gasteiger partial charge on any atom is 0.262 e. The highest BCUT2D eigenvalue weighted by Crippen LogP contribution is 2.24. The number of halogens is 3. The van der Waals surface area contributed by atoms with E-state index in [1.807, 2.05) is 12.1 Å². The molecule has 3 aromatic rings. The minimum Gasteiger partial charge on any atom is -0.484 e. The Morgan fingerprint density at radius 3 is 2.32 bits per heavy atom. The molecule has 3 aromatic carbocycles. The molecule has 0 bridgehead atoms. The van der Waals surface area contributed by atoms with Gasteiger partial charge in [0.1, 0.15) is 5.75 Å². The number of aliphatic imine (C=N–C) groups is 1. The third-order valence-electron chi connectivity index (χ3n) is 3.61. The second kappa shape index (κ2) is 9.60. The summed E-state index contributed by atoms with van der Waals surface area (Å²) < 4.78 is 5.49. The molecule has 0 radical (unpaired) electrons. The van der Waals surface area contributed by atoms with Crippen LogP contribution < -0.4 is 10.1 Å². The molecule has 0 atom stereocenters. The highest BCUT2D eigenvalue weighted by molar-refractivity contribution is 6.35. The zero-order valence-corrected chi connectivity index (χ0v) is 16.8. The Hall–Kier alpha value is -2.53. The SMILES string of the molecule is O=C(COc1ccc(C=Nc2cc(Cl)cc(Cl)c2)cc1)Nc1ccccc1Cl. The van der Waals surface area contributed by atoms with Gasteiger partial charge < -0.3 is 10.1 Å². The van der Waals surface area contributed by atoms with Crippen molar-refractivity contribution >= 4 is 58.3 Å². The monoisotopic (exact) mass is 432 g/mol. The van der Waals surface area contributed by atoms with Crippen molar-refractivity contribution < 1.29 is 9.53 Å². The van der Waals surface area contributed by atoms with Gasteiger partial charge in [-0.1, -0.05) is 46.9 Å². The molecule has 142 valence electrons. The summed E-state index contributed by atoms with van der Waals surface area (Å²) in [5, 5.41) is 4.23. The number of amides is 1. The highest BCUT2D eigenvalue weighted by atomic mass is 35.5. The van der Waals surface area contributed by atoms with Gasteiger partial charge in [-0.15, -0.1) is 0 Å². The molecular formula is C21H15Cl3N2O2. The number of benzene rings is 3. The molecule has 0 saturated carbocycles. The number of nitrogens with zero attached hydrogens (tertiary/aromatic N) is 1. The molecule has 0 spiro atoms. The van der Waals surface area contributed by atoms with Gasteiger partial charge in [0.25, 0.3) is 5.91 Å². The van der Waals surface area contributed by atoms with E-state index in [-0.39, 0.29) is 12.5 Å². The Balaban J connectivity index is 1.55. The fourth-order valence-corrected chi connectivity index (χ4v) is 3.01. The summed E-state index contributed by atoms with van der Waals surface area (Å²) >= 11 is 17.9. The minimum atomic E-state index is -0.295. The molecule has 0 saturated heterocycles. The summed E-state index contributed by atoms with van der Waals surface area (Å²) in [5.41, 5.74) is 2.07. The molecule has 0 aliphatic rings. The lowest BCUT2D eigenvalue weighted by molar-refractivity contribution is -0.118. The van der Waals surface area contributed by atoms with Crippen molar-refractivity contribution in [3.05, 3.63) is 87.4 Å². The fraction of sp³-hybridized carbons (Fsp3) is 0.0476. The molecule has 0 aromatic heterocycles. The van der Waals surface area contributed by atoms with E-state index in [0.717, 1.165) is 5.56 Å². The maximum atomic E-state index is 12.0. The average molecular weight is 434 g/mol. The number of nitrogens with one attached hydrogen (secondary N) is 1. The number of anilines is 1. The van der Waals surface area contributed by atoms with Crippen LogP contribution in [-0.4, -0.2) is 18.7 Å². The molecule has 0 heterocycles. The second-order valence-electron chi connectivity index (χ2n) is 5.77. The minimum absolute atomic E-state index is 0.125. The highest BCUT2D eigenvalue weighted by Gasteiger charge is 2.06. The molecule has 0 aliphatic carbocycles. The number of hydrogen-bond acceptors (Lipinski definition) is 3. The zero-order valence-electron chi connectivity index (χ0n) is 14.5. The first-order valence-corrected chi connectivity index (χ1v) is 9.40. The van der Waals surface area contributed by atoms with Crippen molar-refractivity contribution in [3.63, 3.8) is 0 Å². The molecule has 28 heavy (non-hydrogen) atoms. The zero-order chi connectivity index (χ0) is 19.9. The van der Waals surface area contributed by atoms with E-state index in [4.69, 9.17) is 39.5 Å². The molecule has 0 aliphatic heterocycles. The molecule has 7 heteroatoms. The summed E-state index contributed by atoms with van der Waals surface area (Å²) in [5.74, 6) is 0.272. The lowest BCUT2D eigenvalue weighted by Crippen LogP contribution is -2.20. The van der Waals surface area contributed by atoms with Gasteiger partial charge in [-0.05, 0) is 60.2 Å². The van der Waals surface area contributed by atoms with Gasteiger partial charge in [0.15, 0.2) is 6.61 Å². The smallest absolute Gasteiger partial charge is 0.262 e. The van der Waals surface area contributed by atoms with Crippen LogP contribution in [0.2, 0.25) is 15.1 Å². The van der Waals surface area contributed by atoms with E-state index in [2.05, 4.69) is 10.3 Å². The van der Waals surface area contributed by atoms with E-state index < -0.39 is 0 Å². The topological polar surface area (TPSA) is 50.7 Å². The van der Waals surface area contributed by atoms with Gasteiger partial charge in [0, 0.05) is 16.3 Å². The van der Waals surface area contributed by atoms with Crippen LogP contribution in [0.25, 0.3) is 0 Å². The van der Waals surface area contributed by atoms with Gasteiger partial charge in [-0.3, -0.25) is 9.79 Å². The first-order valence-electron chi connectivity index (χ1n) is 8.27. The van der Waals surface area contributed by atoms with Gasteiger partial charge in [0.05, 0.1) is 16.4 Å². The molecule has 4 nitrogen and oxygen atoms in total. The van der Waals surface area contributed by atoms with Crippen LogP contribution in [0.1, 0.15) is 5.56 Å². The lowest BCUT2D eigenvalue weighted by atomic mass is 10.2. The number of rotatable bonds is 6. The number of ether oxygens (including phenoxy) is 1. The molecule has 1 amide bonds. The Bertz CT molecular complexity index is 985. The normalized spacial score (nSPS) is 10.8. The van der Waals surface area contributed by atoms with Crippen molar-refractivity contribution in [1.29, 1.82) is 0 Å². The fourth-order valence-electron chi connectivity index (χ4n) is 2.31. The summed E-state index contributed by atoms with van der Waals surface area (Å²) in [6.07, 6.45) is 1.69. The predicted molar refractivity (Wildman–Crippen MR) is 116 cm³/mol. The summed E-state index contributed by atoms with van der Waals surface area (Å²) in [6, 6.07) is 19.3. The van der Waals surface area contributed by atoms with Crippen LogP contribution in [0, 0.1) is 0 Å². The molecule has 0 fully saturated rings. The van der Waals surface area contributed by atoms with Crippen LogP contribution in [0.15, 0.2) is 71.7 Å². The average Bonchev–Trinajstić information content (AvgIpc) is 2.67. The first kappa shape index (κ1) is 20.2. The summed E-state index contributed by atoms with van der Waals surface area (Å²) in [4.78, 5) is 16.3. The molecule has 3 rings (SSSR count). The number of para-hydroxylation sites is 1. The third kappa shape index (κ3) is 5.99. The van der Waals surface area contributed by atoms with Gasteiger partial charge >= 0.3 is 0 Å². The maximum absolute atomic E-state index is 12.0. The third-order valence-corrected chi connectivity index (χ3v) is 4.37. The number of carbonyl (C=O) groups excluding carboxylic acids is 1. The largest absolute Gasteiger partial charge is 0.484 e. The van der Waals surface area contributed by atoms with E-state index in [0.29, 0.717) is 32.2 Å². The van der Waals surface area contributed by atoms with Crippen LogP contribution in [-0.2, 0) is 4.79 Å². The first-order chi connectivity index (χ1) is 13.5. The van der Waals surface area contributed by atoms with Gasteiger partial charge in [-0.25, -0.2) is 0 Å². The Morgan fingerprint density at radius 1 is 0.964 bits per heavy atom. The van der Waals surface area contributed by atoms with Gasteiger partial charge in [-0.2, -0.15) is 0 Å². The van der Waals surface area contributed by atoms with Crippen LogP contribution in [0.3, 0.4) is 0 Å². The van der Waals surface area contributed by atoms with Crippen LogP contribution in [0.4, 0.5) is 11.4 Å². The number of hydrogen-bond donors (Lipinski definition) is 1. The summed E-state index contributed by atoms with van der Waals surface area (Å²) in [7, 11) is 0. The standard InChI is InChI=1S/C21H15Cl3N2O2/c22-15-9-16(23)11-17(10-15)25-12-14-5-7-18(8-6-14)28-13-21(27)26-20-4-2-1-3-19(20)24/h1-12H,13H2,(H,26,27). The van der Waals surface area contributed by atoms with E-state index in [1.165, 1.54) is 0 Å². The van der Waals surface area contributed by atoms with E-state index in [1.54, 1.807) is 60.8 Å². The Labute approximate surface area is 177 Å². The summed E-state index contributed by atoms with van der Waals surface area (Å²) in [6.45, 7) is -0.125. The lowest BCUT2D eigenvalue weighted by Gasteiger charge is -2.08. The Kier molecular flexibility index (Phi) is 6.93. The Morgan fingerprint density at radius 2 is 1.64 bits per heavy atom. The van der Waals surface area contributed by atoms with Crippen molar-refractivity contribution in [1.82, 2.24) is 0 Å². The van der Waals surface area contributed by atoms with Crippen LogP contribution >= 0.6 is 34.8 Å². The van der Waals surface area contributed by atoms with E-state index >= 15 is 0 Å². The molecular weight excluding hydrogens is 419 g/mol. The molecule has 0 unspecified atom stereocenters. The van der Waals surface area contributed by atoms with E-state index in [9.17, 15) is 4.79 Å². The second-order valence-corrected chi connectivity index (χ2v) is 7.05. The van der Waals surface area contributed by atoms with Gasteiger partial charge in [0.2, 0.25) is 0 Å². The van der Waals surface area contributed by atoms with Crippen molar-refractivity contribution in [2.45, 2.75) is 0 Å². The van der Waals surface area contributed by atoms with Crippen LogP contribution in [0.5, 0.6) is 5.75 Å². The quantitative estimate of drug-likeness (QED) is 0.456. The van der Waals surface area contributed by atoms with Crippen molar-refractivity contribution in [3.8, 4) is 5.75 Å². The number of carbonyl (C=O) groups is 1. The van der Waals surface area contributed by atoms with Crippen molar-refractivity contribution in [2.75, 3.05) is 11.9 Å². The molecule has 1 N–H and O–H groups in total. The van der Waals surface area contributed by atoms with Crippen molar-refractivity contribution in [2.24, 2.45) is 4.99 Å². The predicted octanol–water partition coefficient (Wildman–Crippen LogP) is 6.41.